The van der Waals surface area contributed by atoms with Crippen molar-refractivity contribution in [1.82, 2.24) is 9.80 Å². The Bertz CT molecular complexity index is 374. The van der Waals surface area contributed by atoms with Crippen LogP contribution in [0.15, 0.2) is 4.99 Å². The molecule has 1 aliphatic carbocycles. The SMILES string of the molecule is CN(C)C(=NCCS(=O)(=O)CC1CCC1)N(C)C. The Kier molecular flexibility index (Phi) is 5.44. The van der Waals surface area contributed by atoms with Crippen molar-refractivity contribution < 1.29 is 8.42 Å². The van der Waals surface area contributed by atoms with E-state index in [2.05, 4.69) is 4.99 Å². The average molecular weight is 275 g/mol. The van der Waals surface area contributed by atoms with Gasteiger partial charge in [-0.25, -0.2) is 8.42 Å². The van der Waals surface area contributed by atoms with Crippen LogP contribution in [-0.2, 0) is 9.84 Å². The summed E-state index contributed by atoms with van der Waals surface area (Å²) >= 11 is 0. The molecule has 5 nitrogen and oxygen atoms in total. The van der Waals surface area contributed by atoms with Gasteiger partial charge in [0.05, 0.1) is 18.1 Å². The first-order chi connectivity index (χ1) is 8.32. The first-order valence-corrected chi connectivity index (χ1v) is 8.23. The molecule has 0 spiro atoms. The molecule has 0 heterocycles. The maximum atomic E-state index is 11.9. The van der Waals surface area contributed by atoms with Crippen molar-refractivity contribution in [2.24, 2.45) is 10.9 Å². The van der Waals surface area contributed by atoms with E-state index in [1.165, 1.54) is 6.42 Å². The number of rotatable bonds is 5. The smallest absolute Gasteiger partial charge is 0.195 e. The maximum absolute atomic E-state index is 11.9. The van der Waals surface area contributed by atoms with Gasteiger partial charge in [-0.1, -0.05) is 6.42 Å². The van der Waals surface area contributed by atoms with Crippen LogP contribution >= 0.6 is 0 Å². The molecule has 1 aliphatic rings. The highest BCUT2D eigenvalue weighted by molar-refractivity contribution is 7.91. The summed E-state index contributed by atoms with van der Waals surface area (Å²) in [6, 6.07) is 0. The molecule has 0 unspecified atom stereocenters. The van der Waals surface area contributed by atoms with Crippen LogP contribution in [0.5, 0.6) is 0 Å². The standard InChI is InChI=1S/C12H25N3O2S/c1-14(2)12(15(3)4)13-8-9-18(16,17)10-11-6-5-7-11/h11H,5-10H2,1-4H3. The Labute approximate surface area is 111 Å². The molecule has 0 aliphatic heterocycles. The molecule has 0 atom stereocenters. The van der Waals surface area contributed by atoms with Crippen LogP contribution in [0.1, 0.15) is 19.3 Å². The fraction of sp³-hybridized carbons (Fsp3) is 0.917. The minimum Gasteiger partial charge on any atom is -0.349 e. The molecule has 0 radical (unpaired) electrons. The van der Waals surface area contributed by atoms with Gasteiger partial charge in [-0.15, -0.1) is 0 Å². The third kappa shape index (κ3) is 4.84. The molecule has 18 heavy (non-hydrogen) atoms. The Morgan fingerprint density at radius 1 is 1.17 bits per heavy atom. The van der Waals surface area contributed by atoms with E-state index in [9.17, 15) is 8.42 Å². The van der Waals surface area contributed by atoms with Gasteiger partial charge < -0.3 is 9.80 Å². The summed E-state index contributed by atoms with van der Waals surface area (Å²) in [5, 5.41) is 0. The van der Waals surface area contributed by atoms with Gasteiger partial charge in [0.25, 0.3) is 0 Å². The van der Waals surface area contributed by atoms with Crippen molar-refractivity contribution in [3.05, 3.63) is 0 Å². The normalized spacial score (nSPS) is 16.0. The molecule has 0 aromatic carbocycles. The largest absolute Gasteiger partial charge is 0.349 e. The quantitative estimate of drug-likeness (QED) is 0.547. The van der Waals surface area contributed by atoms with E-state index in [4.69, 9.17) is 0 Å². The first kappa shape index (κ1) is 15.3. The molecular weight excluding hydrogens is 250 g/mol. The molecule has 0 N–H and O–H groups in total. The molecule has 1 saturated carbocycles. The number of nitrogens with zero attached hydrogens (tertiary/aromatic N) is 3. The average Bonchev–Trinajstić information content (AvgIpc) is 2.17. The van der Waals surface area contributed by atoms with Gasteiger partial charge in [0.1, 0.15) is 0 Å². The molecule has 1 rings (SSSR count). The van der Waals surface area contributed by atoms with Crippen LogP contribution < -0.4 is 0 Å². The van der Waals surface area contributed by atoms with Gasteiger partial charge in [-0.05, 0) is 18.8 Å². The molecule has 6 heteroatoms. The molecule has 0 aromatic heterocycles. The third-order valence-electron chi connectivity index (χ3n) is 3.17. The fourth-order valence-electron chi connectivity index (χ4n) is 2.07. The summed E-state index contributed by atoms with van der Waals surface area (Å²) in [5.74, 6) is 1.71. The van der Waals surface area contributed by atoms with E-state index >= 15 is 0 Å². The highest BCUT2D eigenvalue weighted by Gasteiger charge is 2.24. The molecule has 0 bridgehead atoms. The van der Waals surface area contributed by atoms with E-state index in [-0.39, 0.29) is 5.75 Å². The third-order valence-corrected chi connectivity index (χ3v) is 4.95. The molecule has 106 valence electrons. The van der Waals surface area contributed by atoms with E-state index < -0.39 is 9.84 Å². The predicted octanol–water partition coefficient (Wildman–Crippen LogP) is 0.681. The minimum atomic E-state index is -2.93. The van der Waals surface area contributed by atoms with Crippen molar-refractivity contribution in [2.75, 3.05) is 46.2 Å². The number of hydrogen-bond donors (Lipinski definition) is 0. The predicted molar refractivity (Wildman–Crippen MR) is 75.7 cm³/mol. The van der Waals surface area contributed by atoms with Crippen LogP contribution in [0, 0.1) is 5.92 Å². The van der Waals surface area contributed by atoms with Gasteiger partial charge >= 0.3 is 0 Å². The lowest BCUT2D eigenvalue weighted by molar-refractivity contribution is 0.347. The van der Waals surface area contributed by atoms with Crippen LogP contribution in [0.2, 0.25) is 0 Å². The lowest BCUT2D eigenvalue weighted by Gasteiger charge is -2.25. The highest BCUT2D eigenvalue weighted by Crippen LogP contribution is 2.27. The number of sulfone groups is 1. The fourth-order valence-corrected chi connectivity index (χ4v) is 3.66. The van der Waals surface area contributed by atoms with Gasteiger partial charge in [0.2, 0.25) is 0 Å². The lowest BCUT2D eigenvalue weighted by atomic mass is 9.87. The van der Waals surface area contributed by atoms with Crippen molar-refractivity contribution in [3.63, 3.8) is 0 Å². The van der Waals surface area contributed by atoms with Gasteiger partial charge in [0.15, 0.2) is 15.8 Å². The summed E-state index contributed by atoms with van der Waals surface area (Å²) in [5.41, 5.74) is 0. The maximum Gasteiger partial charge on any atom is 0.195 e. The van der Waals surface area contributed by atoms with Gasteiger partial charge in [-0.3, -0.25) is 4.99 Å². The van der Waals surface area contributed by atoms with Crippen LogP contribution in [0.4, 0.5) is 0 Å². The number of guanidine groups is 1. The van der Waals surface area contributed by atoms with Crippen LogP contribution in [-0.4, -0.2) is 70.4 Å². The van der Waals surface area contributed by atoms with Gasteiger partial charge in [-0.2, -0.15) is 0 Å². The van der Waals surface area contributed by atoms with Crippen molar-refractivity contribution in [2.45, 2.75) is 19.3 Å². The van der Waals surface area contributed by atoms with E-state index in [0.717, 1.165) is 18.8 Å². The first-order valence-electron chi connectivity index (χ1n) is 6.41. The Hall–Kier alpha value is -0.780. The second kappa shape index (κ2) is 6.41. The van der Waals surface area contributed by atoms with E-state index in [1.54, 1.807) is 0 Å². The number of aliphatic imine (C=N–C) groups is 1. The molecule has 0 saturated heterocycles. The molecule has 0 aromatic rings. The topological polar surface area (TPSA) is 53.0 Å². The number of hydrogen-bond acceptors (Lipinski definition) is 3. The van der Waals surface area contributed by atoms with Crippen molar-refractivity contribution in [3.8, 4) is 0 Å². The summed E-state index contributed by atoms with van der Waals surface area (Å²) in [6.45, 7) is 0.348. The van der Waals surface area contributed by atoms with E-state index in [1.807, 2.05) is 38.0 Å². The zero-order chi connectivity index (χ0) is 13.8. The van der Waals surface area contributed by atoms with E-state index in [0.29, 0.717) is 18.2 Å². The second-order valence-electron chi connectivity index (χ2n) is 5.38. The van der Waals surface area contributed by atoms with Crippen molar-refractivity contribution >= 4 is 15.8 Å². The zero-order valence-electron chi connectivity index (χ0n) is 11.9. The monoisotopic (exact) mass is 275 g/mol. The summed E-state index contributed by atoms with van der Waals surface area (Å²) in [4.78, 5) is 8.12. The molecule has 1 fully saturated rings. The van der Waals surface area contributed by atoms with Crippen LogP contribution in [0.25, 0.3) is 0 Å². The van der Waals surface area contributed by atoms with Crippen LogP contribution in [0.3, 0.4) is 0 Å². The Morgan fingerprint density at radius 2 is 1.72 bits per heavy atom. The highest BCUT2D eigenvalue weighted by atomic mass is 32.2. The lowest BCUT2D eigenvalue weighted by Crippen LogP contribution is -2.36. The minimum absolute atomic E-state index is 0.161. The molecule has 0 amide bonds. The summed E-state index contributed by atoms with van der Waals surface area (Å²) < 4.78 is 23.7. The Balaban J connectivity index is 2.45. The summed E-state index contributed by atoms with van der Waals surface area (Å²) in [6.07, 6.45) is 3.33. The second-order valence-corrected chi connectivity index (χ2v) is 7.61. The van der Waals surface area contributed by atoms with Gasteiger partial charge in [0, 0.05) is 28.2 Å². The summed E-state index contributed by atoms with van der Waals surface area (Å²) in [7, 11) is 4.68. The zero-order valence-corrected chi connectivity index (χ0v) is 12.7. The molecular formula is C12H25N3O2S. The van der Waals surface area contributed by atoms with Crippen molar-refractivity contribution in [1.29, 1.82) is 0 Å². The Morgan fingerprint density at radius 3 is 2.11 bits per heavy atom.